The molecule has 3 aliphatic rings. The summed E-state index contributed by atoms with van der Waals surface area (Å²) in [6.45, 7) is 1.64. The minimum absolute atomic E-state index is 0.0204. The van der Waals surface area contributed by atoms with E-state index in [1.165, 1.54) is 13.0 Å². The van der Waals surface area contributed by atoms with Crippen LogP contribution in [0.3, 0.4) is 0 Å². The fourth-order valence-electron chi connectivity index (χ4n) is 6.99. The topological polar surface area (TPSA) is 147 Å². The molecule has 3 heterocycles. The lowest BCUT2D eigenvalue weighted by atomic mass is 9.97. The molecule has 2 fully saturated rings. The first-order valence-electron chi connectivity index (χ1n) is 17.9. The number of hydrogen-bond donors (Lipinski definition) is 0. The van der Waals surface area contributed by atoms with Crippen LogP contribution in [0.2, 0.25) is 10.0 Å². The van der Waals surface area contributed by atoms with Gasteiger partial charge >= 0.3 is 6.09 Å². The van der Waals surface area contributed by atoms with E-state index < -0.39 is 23.0 Å². The number of fused-ring (bicyclic) bond motifs is 2. The summed E-state index contributed by atoms with van der Waals surface area (Å²) >= 11 is 12.9. The lowest BCUT2D eigenvalue weighted by molar-refractivity contribution is -0.763. The molecule has 4 aromatic rings. The van der Waals surface area contributed by atoms with Gasteiger partial charge in [-0.3, -0.25) is 9.69 Å². The normalized spacial score (nSPS) is 17.6. The van der Waals surface area contributed by atoms with Crippen LogP contribution in [0.1, 0.15) is 61.0 Å². The first kappa shape index (κ1) is 38.0. The Labute approximate surface area is 325 Å². The fraction of sp³-hybridized carbons (Fsp3) is 0.359. The second-order valence-electron chi connectivity index (χ2n) is 13.6. The zero-order valence-electron chi connectivity index (χ0n) is 29.8. The molecule has 1 aromatic heterocycles. The number of halogens is 3. The molecule has 2 unspecified atom stereocenters. The van der Waals surface area contributed by atoms with E-state index in [9.17, 15) is 24.1 Å². The van der Waals surface area contributed by atoms with E-state index in [-0.39, 0.29) is 61.6 Å². The van der Waals surface area contributed by atoms with Crippen molar-refractivity contribution >= 4 is 35.2 Å². The quantitative estimate of drug-likeness (QED) is 0.0653. The van der Waals surface area contributed by atoms with Gasteiger partial charge in [0, 0.05) is 25.0 Å². The average Bonchev–Trinajstić information content (AvgIpc) is 3.90. The van der Waals surface area contributed by atoms with E-state index in [4.69, 9.17) is 41.9 Å². The summed E-state index contributed by atoms with van der Waals surface area (Å²) in [6, 6.07) is 18.2. The van der Waals surface area contributed by atoms with E-state index in [2.05, 4.69) is 9.99 Å². The number of amides is 2. The van der Waals surface area contributed by atoms with E-state index in [0.717, 1.165) is 18.4 Å². The van der Waals surface area contributed by atoms with Gasteiger partial charge in [0.05, 0.1) is 28.3 Å². The third-order valence-corrected chi connectivity index (χ3v) is 10.7. The molecule has 13 nitrogen and oxygen atoms in total. The lowest BCUT2D eigenvalue weighted by Gasteiger charge is -2.38. The van der Waals surface area contributed by atoms with Crippen LogP contribution in [0.15, 0.2) is 82.6 Å². The highest BCUT2D eigenvalue weighted by Crippen LogP contribution is 2.43. The Bertz CT molecular complexity index is 2110. The smallest absolute Gasteiger partial charge is 0.416 e. The number of aromatic nitrogens is 1. The third kappa shape index (κ3) is 8.81. The molecular formula is C39H37Cl2FN4O9. The van der Waals surface area contributed by atoms with E-state index in [0.29, 0.717) is 63.9 Å². The molecule has 0 radical (unpaired) electrons. The fourth-order valence-corrected chi connectivity index (χ4v) is 7.37. The molecular weight excluding hydrogens is 758 g/mol. The van der Waals surface area contributed by atoms with Crippen molar-refractivity contribution in [2.24, 2.45) is 0 Å². The predicted octanol–water partition coefficient (Wildman–Crippen LogP) is 8.41. The first-order chi connectivity index (χ1) is 26.5. The third-order valence-electron chi connectivity index (χ3n) is 9.83. The minimum Gasteiger partial charge on any atom is -0.473 e. The van der Waals surface area contributed by atoms with Gasteiger partial charge in [-0.25, -0.2) is 4.79 Å². The molecule has 1 saturated heterocycles. The second kappa shape index (κ2) is 16.6. The van der Waals surface area contributed by atoms with E-state index in [1.807, 2.05) is 30.3 Å². The SMILES string of the molecule is Cc1onc(OCCCc2ccc(OC3=C(C(=O)N(Cc4cccc(Cl)c4Cl)C4CC4)C4CCC(C3)N4C(=O)Oc3cccc(CO[N+](=O)[O-])c3)cc2)c1F. The van der Waals surface area contributed by atoms with Gasteiger partial charge in [0.25, 0.3) is 16.9 Å². The Morgan fingerprint density at radius 3 is 2.55 bits per heavy atom. The van der Waals surface area contributed by atoms with Gasteiger partial charge in [-0.05, 0) is 97.6 Å². The largest absolute Gasteiger partial charge is 0.473 e. The number of rotatable bonds is 15. The summed E-state index contributed by atoms with van der Waals surface area (Å²) in [5, 5.41) is 14.2. The van der Waals surface area contributed by atoms with Crippen molar-refractivity contribution in [2.75, 3.05) is 6.61 Å². The number of hydrogen-bond acceptors (Lipinski definition) is 10. The summed E-state index contributed by atoms with van der Waals surface area (Å²) in [7, 11) is 0. The molecule has 0 N–H and O–H groups in total. The Kier molecular flexibility index (Phi) is 11.4. The van der Waals surface area contributed by atoms with Gasteiger partial charge in [-0.15, -0.1) is 10.1 Å². The van der Waals surface area contributed by atoms with Crippen LogP contribution in [0.25, 0.3) is 0 Å². The molecule has 288 valence electrons. The van der Waals surface area contributed by atoms with Gasteiger partial charge in [-0.2, -0.15) is 4.39 Å². The van der Waals surface area contributed by atoms with Gasteiger partial charge in [0.15, 0.2) is 5.76 Å². The van der Waals surface area contributed by atoms with Crippen LogP contribution in [0.4, 0.5) is 9.18 Å². The summed E-state index contributed by atoms with van der Waals surface area (Å²) in [5.41, 5.74) is 2.53. The highest BCUT2D eigenvalue weighted by molar-refractivity contribution is 6.42. The van der Waals surface area contributed by atoms with E-state index in [1.54, 1.807) is 40.1 Å². The maximum atomic E-state index is 14.8. The molecule has 16 heteroatoms. The second-order valence-corrected chi connectivity index (χ2v) is 14.4. The van der Waals surface area contributed by atoms with Crippen LogP contribution in [0.5, 0.6) is 17.4 Å². The molecule has 7 rings (SSSR count). The van der Waals surface area contributed by atoms with Crippen LogP contribution in [-0.2, 0) is 29.2 Å². The standard InChI is InChI=1S/C39H37Cl2FN4O9/c1-23-36(42)37(43-55-23)51-18-4-6-24-10-15-29(16-11-24)53-33-20-28-14-17-32(45(28)39(48)54-30-8-2-5-25(19-30)22-52-46(49)50)34(33)38(47)44(27-12-13-27)21-26-7-3-9-31(40)35(26)41/h2-3,5,7-11,15-16,19,27-28,32H,4,6,12-14,17-18,20-22H2,1H3. The molecule has 2 aliphatic heterocycles. The maximum absolute atomic E-state index is 14.8. The highest BCUT2D eigenvalue weighted by Gasteiger charge is 2.50. The number of carbonyl (C=O) groups is 2. The Balaban J connectivity index is 1.12. The summed E-state index contributed by atoms with van der Waals surface area (Å²) in [6.07, 6.45) is 3.66. The van der Waals surface area contributed by atoms with Crippen LogP contribution in [-0.4, -0.2) is 56.8 Å². The first-order valence-corrected chi connectivity index (χ1v) is 18.7. The number of aryl methyl sites for hydroxylation is 2. The van der Waals surface area contributed by atoms with Crippen molar-refractivity contribution < 1.29 is 42.6 Å². The molecule has 1 saturated carbocycles. The number of nitrogens with zero attached hydrogens (tertiary/aromatic N) is 4. The molecule has 3 aromatic carbocycles. The predicted molar refractivity (Wildman–Crippen MR) is 197 cm³/mol. The minimum atomic E-state index is -0.891. The van der Waals surface area contributed by atoms with Gasteiger partial charge in [0.1, 0.15) is 23.9 Å². The van der Waals surface area contributed by atoms with Crippen molar-refractivity contribution in [2.45, 2.75) is 83.1 Å². The lowest BCUT2D eigenvalue weighted by Crippen LogP contribution is -2.50. The van der Waals surface area contributed by atoms with Crippen molar-refractivity contribution in [1.82, 2.24) is 15.0 Å². The molecule has 2 amide bonds. The van der Waals surface area contributed by atoms with Crippen molar-refractivity contribution in [1.29, 1.82) is 0 Å². The van der Waals surface area contributed by atoms with Crippen LogP contribution < -0.4 is 14.2 Å². The van der Waals surface area contributed by atoms with E-state index >= 15 is 0 Å². The molecule has 55 heavy (non-hydrogen) atoms. The van der Waals surface area contributed by atoms with Crippen LogP contribution >= 0.6 is 23.2 Å². The summed E-state index contributed by atoms with van der Waals surface area (Å²) in [5.74, 6) is 0.251. The monoisotopic (exact) mass is 794 g/mol. The molecule has 2 bridgehead atoms. The van der Waals surface area contributed by atoms with Crippen molar-refractivity contribution in [3.8, 4) is 17.4 Å². The Morgan fingerprint density at radius 2 is 1.82 bits per heavy atom. The average molecular weight is 796 g/mol. The molecule has 0 spiro atoms. The molecule has 1 aliphatic carbocycles. The molecule has 2 atom stereocenters. The van der Waals surface area contributed by atoms with Gasteiger partial charge < -0.3 is 28.5 Å². The summed E-state index contributed by atoms with van der Waals surface area (Å²) in [4.78, 5) is 47.3. The van der Waals surface area contributed by atoms with Crippen LogP contribution in [0, 0.1) is 22.9 Å². The zero-order chi connectivity index (χ0) is 38.6. The number of ether oxygens (including phenoxy) is 3. The summed E-state index contributed by atoms with van der Waals surface area (Å²) < 4.78 is 36.5. The Hall–Kier alpha value is -5.34. The van der Waals surface area contributed by atoms with Gasteiger partial charge in [0.2, 0.25) is 5.82 Å². The van der Waals surface area contributed by atoms with Crippen molar-refractivity contribution in [3.63, 3.8) is 0 Å². The van der Waals surface area contributed by atoms with Crippen molar-refractivity contribution in [3.05, 3.63) is 126 Å². The highest BCUT2D eigenvalue weighted by atomic mass is 35.5. The number of carbonyl (C=O) groups excluding carboxylic acids is 2. The van der Waals surface area contributed by atoms with Gasteiger partial charge in [-0.1, -0.05) is 59.6 Å². The zero-order valence-corrected chi connectivity index (χ0v) is 31.3. The maximum Gasteiger partial charge on any atom is 0.416 e. The number of benzene rings is 3. The Morgan fingerprint density at radius 1 is 1.04 bits per heavy atom.